The predicted octanol–water partition coefficient (Wildman–Crippen LogP) is 2.78. The zero-order valence-electron chi connectivity index (χ0n) is 10.9. The van der Waals surface area contributed by atoms with Gasteiger partial charge in [0.15, 0.2) is 0 Å². The maximum absolute atomic E-state index is 6.21. The Morgan fingerprint density at radius 1 is 1.50 bits per heavy atom. The van der Waals surface area contributed by atoms with E-state index in [4.69, 9.17) is 22.1 Å². The van der Waals surface area contributed by atoms with Crippen molar-refractivity contribution in [2.24, 2.45) is 5.92 Å². The van der Waals surface area contributed by atoms with Gasteiger partial charge in [0.25, 0.3) is 0 Å². The van der Waals surface area contributed by atoms with E-state index >= 15 is 0 Å². The van der Waals surface area contributed by atoms with Gasteiger partial charge in [-0.05, 0) is 43.0 Å². The molecule has 0 saturated carbocycles. The summed E-state index contributed by atoms with van der Waals surface area (Å²) in [5.74, 6) is 0.649. The molecule has 1 saturated heterocycles. The highest BCUT2D eigenvalue weighted by molar-refractivity contribution is 6.31. The van der Waals surface area contributed by atoms with E-state index in [2.05, 4.69) is 4.90 Å². The Balaban J connectivity index is 1.96. The molecule has 1 aromatic carbocycles. The Kier molecular flexibility index (Phi) is 4.87. The van der Waals surface area contributed by atoms with Gasteiger partial charge in [0.05, 0.1) is 6.61 Å². The minimum Gasteiger partial charge on any atom is -0.399 e. The van der Waals surface area contributed by atoms with Crippen molar-refractivity contribution in [3.05, 3.63) is 28.8 Å². The standard InChI is InChI=1S/C14H21ClN2O/c1-18-10-11-3-2-6-17(8-11)9-12-4-5-13(16)7-14(12)15/h4-5,7,11H,2-3,6,8-10,16H2,1H3. The number of nitrogens with two attached hydrogens (primary N) is 1. The lowest BCUT2D eigenvalue weighted by molar-refractivity contribution is 0.0874. The van der Waals surface area contributed by atoms with Crippen LogP contribution in [0.2, 0.25) is 5.02 Å². The van der Waals surface area contributed by atoms with Gasteiger partial charge in [-0.15, -0.1) is 0 Å². The highest BCUT2D eigenvalue weighted by Gasteiger charge is 2.20. The van der Waals surface area contributed by atoms with Gasteiger partial charge >= 0.3 is 0 Å². The number of hydrogen-bond acceptors (Lipinski definition) is 3. The van der Waals surface area contributed by atoms with Crippen LogP contribution in [0.1, 0.15) is 18.4 Å². The van der Waals surface area contributed by atoms with Crippen molar-refractivity contribution in [2.75, 3.05) is 32.5 Å². The number of hydrogen-bond donors (Lipinski definition) is 1. The van der Waals surface area contributed by atoms with Crippen molar-refractivity contribution in [3.8, 4) is 0 Å². The van der Waals surface area contributed by atoms with Crippen LogP contribution < -0.4 is 5.73 Å². The fraction of sp³-hybridized carbons (Fsp3) is 0.571. The van der Waals surface area contributed by atoms with Crippen LogP contribution in [0.15, 0.2) is 18.2 Å². The maximum Gasteiger partial charge on any atom is 0.0502 e. The molecule has 1 atom stereocenters. The van der Waals surface area contributed by atoms with E-state index in [-0.39, 0.29) is 0 Å². The Morgan fingerprint density at radius 2 is 2.33 bits per heavy atom. The zero-order valence-corrected chi connectivity index (χ0v) is 11.6. The third-order valence-electron chi connectivity index (χ3n) is 3.48. The van der Waals surface area contributed by atoms with Crippen LogP contribution in [0.25, 0.3) is 0 Å². The average molecular weight is 269 g/mol. The molecular formula is C14H21ClN2O. The van der Waals surface area contributed by atoms with Crippen LogP contribution in [0, 0.1) is 5.92 Å². The Labute approximate surface area is 114 Å². The number of anilines is 1. The smallest absolute Gasteiger partial charge is 0.0502 e. The van der Waals surface area contributed by atoms with E-state index in [1.807, 2.05) is 18.2 Å². The second-order valence-electron chi connectivity index (χ2n) is 5.05. The molecule has 18 heavy (non-hydrogen) atoms. The van der Waals surface area contributed by atoms with E-state index in [0.717, 1.165) is 42.5 Å². The van der Waals surface area contributed by atoms with Crippen molar-refractivity contribution in [1.82, 2.24) is 4.90 Å². The Bertz CT molecular complexity index is 395. The third kappa shape index (κ3) is 3.61. The molecule has 0 bridgehead atoms. The number of benzene rings is 1. The first-order valence-electron chi connectivity index (χ1n) is 6.44. The molecule has 3 nitrogen and oxygen atoms in total. The molecule has 4 heteroatoms. The molecule has 1 aliphatic heterocycles. The third-order valence-corrected chi connectivity index (χ3v) is 3.83. The van der Waals surface area contributed by atoms with Crippen molar-refractivity contribution >= 4 is 17.3 Å². The molecule has 2 N–H and O–H groups in total. The molecule has 1 heterocycles. The first-order valence-corrected chi connectivity index (χ1v) is 6.82. The van der Waals surface area contributed by atoms with Gasteiger partial charge in [0.1, 0.15) is 0 Å². The summed E-state index contributed by atoms with van der Waals surface area (Å²) in [4.78, 5) is 2.45. The fourth-order valence-electron chi connectivity index (χ4n) is 2.60. The summed E-state index contributed by atoms with van der Waals surface area (Å²) in [5.41, 5.74) is 7.59. The van der Waals surface area contributed by atoms with Crippen LogP contribution in [0.5, 0.6) is 0 Å². The van der Waals surface area contributed by atoms with Gasteiger partial charge in [-0.2, -0.15) is 0 Å². The monoisotopic (exact) mass is 268 g/mol. The van der Waals surface area contributed by atoms with Gasteiger partial charge in [-0.3, -0.25) is 4.90 Å². The van der Waals surface area contributed by atoms with Crippen molar-refractivity contribution in [3.63, 3.8) is 0 Å². The predicted molar refractivity (Wildman–Crippen MR) is 75.7 cm³/mol. The molecule has 2 rings (SSSR count). The normalized spacial score (nSPS) is 21.1. The number of nitrogens with zero attached hydrogens (tertiary/aromatic N) is 1. The number of likely N-dealkylation sites (tertiary alicyclic amines) is 1. The molecule has 1 aliphatic rings. The van der Waals surface area contributed by atoms with Crippen LogP contribution in [-0.4, -0.2) is 31.7 Å². The van der Waals surface area contributed by atoms with Gasteiger partial charge in [-0.25, -0.2) is 0 Å². The lowest BCUT2D eigenvalue weighted by atomic mass is 9.98. The number of ether oxygens (including phenoxy) is 1. The minimum absolute atomic E-state index is 0.649. The van der Waals surface area contributed by atoms with E-state index in [1.54, 1.807) is 7.11 Å². The van der Waals surface area contributed by atoms with Crippen LogP contribution in [0.4, 0.5) is 5.69 Å². The number of nitrogen functional groups attached to an aromatic ring is 1. The molecule has 100 valence electrons. The summed E-state index contributed by atoms with van der Waals surface area (Å²) < 4.78 is 5.25. The van der Waals surface area contributed by atoms with Gasteiger partial charge in [0, 0.05) is 30.9 Å². The fourth-order valence-corrected chi connectivity index (χ4v) is 2.85. The number of methoxy groups -OCH3 is 1. The summed E-state index contributed by atoms with van der Waals surface area (Å²) in [6.45, 7) is 3.99. The largest absolute Gasteiger partial charge is 0.399 e. The summed E-state index contributed by atoms with van der Waals surface area (Å²) in [5, 5.41) is 0.767. The molecule has 0 aromatic heterocycles. The second kappa shape index (κ2) is 6.41. The highest BCUT2D eigenvalue weighted by atomic mass is 35.5. The maximum atomic E-state index is 6.21. The second-order valence-corrected chi connectivity index (χ2v) is 5.46. The van der Waals surface area contributed by atoms with Crippen molar-refractivity contribution in [1.29, 1.82) is 0 Å². The molecule has 1 fully saturated rings. The first kappa shape index (κ1) is 13.7. The SMILES string of the molecule is COCC1CCCN(Cc2ccc(N)cc2Cl)C1. The zero-order chi connectivity index (χ0) is 13.0. The molecular weight excluding hydrogens is 248 g/mol. The Morgan fingerprint density at radius 3 is 3.06 bits per heavy atom. The molecule has 0 spiro atoms. The summed E-state index contributed by atoms with van der Waals surface area (Å²) in [6, 6.07) is 5.77. The first-order chi connectivity index (χ1) is 8.69. The summed E-state index contributed by atoms with van der Waals surface area (Å²) in [6.07, 6.45) is 2.50. The number of piperidine rings is 1. The van der Waals surface area contributed by atoms with E-state index in [0.29, 0.717) is 5.92 Å². The lowest BCUT2D eigenvalue weighted by Crippen LogP contribution is -2.36. The summed E-state index contributed by atoms with van der Waals surface area (Å²) >= 11 is 6.21. The van der Waals surface area contributed by atoms with Crippen LogP contribution >= 0.6 is 11.6 Å². The van der Waals surface area contributed by atoms with Crippen molar-refractivity contribution in [2.45, 2.75) is 19.4 Å². The summed E-state index contributed by atoms with van der Waals surface area (Å²) in [7, 11) is 1.77. The van der Waals surface area contributed by atoms with Gasteiger partial charge in [0.2, 0.25) is 0 Å². The average Bonchev–Trinajstić information content (AvgIpc) is 2.34. The minimum atomic E-state index is 0.649. The molecule has 0 radical (unpaired) electrons. The topological polar surface area (TPSA) is 38.5 Å². The quantitative estimate of drug-likeness (QED) is 0.854. The molecule has 1 unspecified atom stereocenters. The Hall–Kier alpha value is -0.770. The number of rotatable bonds is 4. The number of halogens is 1. The van der Waals surface area contributed by atoms with Crippen LogP contribution in [0.3, 0.4) is 0 Å². The van der Waals surface area contributed by atoms with Crippen molar-refractivity contribution < 1.29 is 4.74 Å². The van der Waals surface area contributed by atoms with E-state index in [1.165, 1.54) is 12.8 Å². The van der Waals surface area contributed by atoms with Gasteiger partial charge in [-0.1, -0.05) is 17.7 Å². The molecule has 1 aromatic rings. The van der Waals surface area contributed by atoms with Gasteiger partial charge < -0.3 is 10.5 Å². The molecule has 0 aliphatic carbocycles. The lowest BCUT2D eigenvalue weighted by Gasteiger charge is -2.32. The van der Waals surface area contributed by atoms with E-state index < -0.39 is 0 Å². The molecule has 0 amide bonds. The van der Waals surface area contributed by atoms with Crippen LogP contribution in [-0.2, 0) is 11.3 Å². The highest BCUT2D eigenvalue weighted by Crippen LogP contribution is 2.23. The van der Waals surface area contributed by atoms with E-state index in [9.17, 15) is 0 Å².